The van der Waals surface area contributed by atoms with Crippen LogP contribution in [-0.4, -0.2) is 17.6 Å². The molecule has 22 heavy (non-hydrogen) atoms. The number of aryl methyl sites for hydroxylation is 3. The van der Waals surface area contributed by atoms with Gasteiger partial charge in [0, 0.05) is 18.8 Å². The molecule has 0 amide bonds. The molecule has 116 valence electrons. The van der Waals surface area contributed by atoms with E-state index in [1.165, 1.54) is 22.3 Å². The molecule has 0 aliphatic carbocycles. The van der Waals surface area contributed by atoms with Gasteiger partial charge in [-0.3, -0.25) is 4.79 Å². The molecular formula is C19H23NO2. The number of hydrogen-bond acceptors (Lipinski definition) is 2. The summed E-state index contributed by atoms with van der Waals surface area (Å²) in [6.45, 7) is 7.46. The van der Waals surface area contributed by atoms with Crippen LogP contribution in [0.3, 0.4) is 0 Å². The molecule has 0 fully saturated rings. The van der Waals surface area contributed by atoms with E-state index >= 15 is 0 Å². The highest BCUT2D eigenvalue weighted by atomic mass is 16.4. The molecule has 2 rings (SSSR count). The lowest BCUT2D eigenvalue weighted by molar-refractivity contribution is -0.136. The molecule has 0 bridgehead atoms. The van der Waals surface area contributed by atoms with Crippen LogP contribution in [-0.2, 0) is 11.3 Å². The molecule has 0 aromatic heterocycles. The monoisotopic (exact) mass is 297 g/mol. The third kappa shape index (κ3) is 4.35. The summed E-state index contributed by atoms with van der Waals surface area (Å²) in [5.74, 6) is -0.766. The van der Waals surface area contributed by atoms with Crippen LogP contribution in [0.4, 0.5) is 5.69 Å². The topological polar surface area (TPSA) is 40.5 Å². The first kappa shape index (κ1) is 16.1. The van der Waals surface area contributed by atoms with Gasteiger partial charge in [-0.05, 0) is 49.6 Å². The maximum absolute atomic E-state index is 10.9. The molecule has 0 spiro atoms. The van der Waals surface area contributed by atoms with E-state index in [1.54, 1.807) is 0 Å². The van der Waals surface area contributed by atoms with Gasteiger partial charge in [-0.1, -0.05) is 35.9 Å². The molecular weight excluding hydrogens is 274 g/mol. The van der Waals surface area contributed by atoms with Gasteiger partial charge < -0.3 is 10.0 Å². The van der Waals surface area contributed by atoms with Crippen molar-refractivity contribution in [2.24, 2.45) is 0 Å². The van der Waals surface area contributed by atoms with Crippen molar-refractivity contribution in [3.8, 4) is 0 Å². The van der Waals surface area contributed by atoms with Gasteiger partial charge in [-0.2, -0.15) is 0 Å². The molecule has 0 atom stereocenters. The Hall–Kier alpha value is -2.29. The highest BCUT2D eigenvalue weighted by molar-refractivity contribution is 5.67. The van der Waals surface area contributed by atoms with Gasteiger partial charge in [0.05, 0.1) is 6.42 Å². The number of carboxylic acids is 1. The molecule has 3 heteroatoms. The smallest absolute Gasteiger partial charge is 0.305 e. The number of carbonyl (C=O) groups is 1. The van der Waals surface area contributed by atoms with E-state index in [-0.39, 0.29) is 6.42 Å². The van der Waals surface area contributed by atoms with Gasteiger partial charge >= 0.3 is 5.97 Å². The molecule has 0 unspecified atom stereocenters. The van der Waals surface area contributed by atoms with Gasteiger partial charge in [0.1, 0.15) is 0 Å². The Morgan fingerprint density at radius 1 is 1.00 bits per heavy atom. The number of rotatable bonds is 6. The predicted octanol–water partition coefficient (Wildman–Crippen LogP) is 4.09. The maximum Gasteiger partial charge on any atom is 0.305 e. The largest absolute Gasteiger partial charge is 0.481 e. The maximum atomic E-state index is 10.9. The standard InChI is InChI=1S/C19H23NO2/c1-14-4-7-17(8-5-14)13-20(11-10-19(21)22)18-9-6-15(2)16(3)12-18/h4-9,12H,10-11,13H2,1-3H3,(H,21,22). The highest BCUT2D eigenvalue weighted by Crippen LogP contribution is 2.21. The summed E-state index contributed by atoms with van der Waals surface area (Å²) in [6.07, 6.45) is 0.138. The first-order chi connectivity index (χ1) is 10.5. The van der Waals surface area contributed by atoms with Crippen LogP contribution in [0.5, 0.6) is 0 Å². The lowest BCUT2D eigenvalue weighted by atomic mass is 10.1. The zero-order valence-electron chi connectivity index (χ0n) is 13.5. The second-order valence-corrected chi connectivity index (χ2v) is 5.82. The molecule has 2 aromatic rings. The quantitative estimate of drug-likeness (QED) is 0.873. The third-order valence-corrected chi connectivity index (χ3v) is 3.95. The summed E-state index contributed by atoms with van der Waals surface area (Å²) in [7, 11) is 0. The van der Waals surface area contributed by atoms with E-state index in [1.807, 2.05) is 0 Å². The van der Waals surface area contributed by atoms with Crippen molar-refractivity contribution < 1.29 is 9.90 Å². The summed E-state index contributed by atoms with van der Waals surface area (Å²) >= 11 is 0. The number of aliphatic carboxylic acids is 1. The van der Waals surface area contributed by atoms with Crippen LogP contribution in [0.25, 0.3) is 0 Å². The number of carboxylic acid groups (broad SMARTS) is 1. The lowest BCUT2D eigenvalue weighted by Crippen LogP contribution is -2.25. The molecule has 1 N–H and O–H groups in total. The number of anilines is 1. The summed E-state index contributed by atoms with van der Waals surface area (Å²) in [6, 6.07) is 14.7. The third-order valence-electron chi connectivity index (χ3n) is 3.95. The van der Waals surface area contributed by atoms with Crippen molar-refractivity contribution in [3.63, 3.8) is 0 Å². The van der Waals surface area contributed by atoms with E-state index in [4.69, 9.17) is 5.11 Å². The number of hydrogen-bond donors (Lipinski definition) is 1. The van der Waals surface area contributed by atoms with Gasteiger partial charge in [0.25, 0.3) is 0 Å². The Bertz CT molecular complexity index is 647. The predicted molar refractivity (Wildman–Crippen MR) is 90.4 cm³/mol. The number of benzene rings is 2. The van der Waals surface area contributed by atoms with Crippen LogP contribution < -0.4 is 4.90 Å². The second kappa shape index (κ2) is 7.12. The Balaban J connectivity index is 2.22. The van der Waals surface area contributed by atoms with Crippen LogP contribution >= 0.6 is 0 Å². The minimum absolute atomic E-state index is 0.138. The van der Waals surface area contributed by atoms with Crippen molar-refractivity contribution in [2.45, 2.75) is 33.7 Å². The van der Waals surface area contributed by atoms with Crippen LogP contribution in [0.2, 0.25) is 0 Å². The van der Waals surface area contributed by atoms with Gasteiger partial charge in [0.15, 0.2) is 0 Å². The van der Waals surface area contributed by atoms with Crippen molar-refractivity contribution in [1.29, 1.82) is 0 Å². The average molecular weight is 297 g/mol. The Morgan fingerprint density at radius 3 is 2.27 bits per heavy atom. The van der Waals surface area contributed by atoms with Crippen molar-refractivity contribution in [1.82, 2.24) is 0 Å². The molecule has 0 saturated carbocycles. The van der Waals surface area contributed by atoms with E-state index < -0.39 is 5.97 Å². The van der Waals surface area contributed by atoms with Gasteiger partial charge in [-0.15, -0.1) is 0 Å². The fourth-order valence-electron chi connectivity index (χ4n) is 2.37. The Labute approximate surface area is 132 Å². The van der Waals surface area contributed by atoms with E-state index in [0.29, 0.717) is 6.54 Å². The molecule has 0 radical (unpaired) electrons. The zero-order chi connectivity index (χ0) is 16.1. The van der Waals surface area contributed by atoms with Crippen LogP contribution in [0.1, 0.15) is 28.7 Å². The van der Waals surface area contributed by atoms with E-state index in [9.17, 15) is 4.79 Å². The average Bonchev–Trinajstić information content (AvgIpc) is 2.48. The summed E-state index contributed by atoms with van der Waals surface area (Å²) in [5, 5.41) is 8.98. The lowest BCUT2D eigenvalue weighted by Gasteiger charge is -2.25. The molecule has 0 saturated heterocycles. The van der Waals surface area contributed by atoms with Gasteiger partial charge in [-0.25, -0.2) is 0 Å². The minimum atomic E-state index is -0.766. The Morgan fingerprint density at radius 2 is 1.68 bits per heavy atom. The fourth-order valence-corrected chi connectivity index (χ4v) is 2.37. The van der Waals surface area contributed by atoms with Crippen molar-refractivity contribution in [3.05, 3.63) is 64.7 Å². The highest BCUT2D eigenvalue weighted by Gasteiger charge is 2.10. The van der Waals surface area contributed by atoms with E-state index in [0.717, 1.165) is 12.2 Å². The molecule has 0 aliphatic heterocycles. The minimum Gasteiger partial charge on any atom is -0.481 e. The number of nitrogens with zero attached hydrogens (tertiary/aromatic N) is 1. The van der Waals surface area contributed by atoms with Crippen molar-refractivity contribution >= 4 is 11.7 Å². The fraction of sp³-hybridized carbons (Fsp3) is 0.316. The van der Waals surface area contributed by atoms with E-state index in [2.05, 4.69) is 68.1 Å². The summed E-state index contributed by atoms with van der Waals surface area (Å²) < 4.78 is 0. The van der Waals surface area contributed by atoms with Crippen molar-refractivity contribution in [2.75, 3.05) is 11.4 Å². The molecule has 0 aliphatic rings. The SMILES string of the molecule is Cc1ccc(CN(CCC(=O)O)c2ccc(C)c(C)c2)cc1. The molecule has 3 nitrogen and oxygen atoms in total. The zero-order valence-corrected chi connectivity index (χ0v) is 13.5. The van der Waals surface area contributed by atoms with Crippen LogP contribution in [0, 0.1) is 20.8 Å². The Kier molecular flexibility index (Phi) is 5.21. The molecule has 0 heterocycles. The first-order valence-electron chi connectivity index (χ1n) is 7.55. The van der Waals surface area contributed by atoms with Crippen LogP contribution in [0.15, 0.2) is 42.5 Å². The normalized spacial score (nSPS) is 10.5. The van der Waals surface area contributed by atoms with Gasteiger partial charge in [0.2, 0.25) is 0 Å². The summed E-state index contributed by atoms with van der Waals surface area (Å²) in [5.41, 5.74) is 5.96. The first-order valence-corrected chi connectivity index (χ1v) is 7.55. The summed E-state index contributed by atoms with van der Waals surface area (Å²) in [4.78, 5) is 13.1. The second-order valence-electron chi connectivity index (χ2n) is 5.82. The molecule has 2 aromatic carbocycles.